The van der Waals surface area contributed by atoms with Crippen LogP contribution >= 0.6 is 0 Å². The van der Waals surface area contributed by atoms with Crippen molar-refractivity contribution in [2.75, 3.05) is 20.2 Å². The predicted molar refractivity (Wildman–Crippen MR) is 106 cm³/mol. The van der Waals surface area contributed by atoms with Gasteiger partial charge in [0.05, 0.1) is 36.4 Å². The van der Waals surface area contributed by atoms with Crippen molar-refractivity contribution in [1.82, 2.24) is 14.8 Å². The van der Waals surface area contributed by atoms with E-state index < -0.39 is 11.8 Å². The summed E-state index contributed by atoms with van der Waals surface area (Å²) in [6, 6.07) is 9.89. The Morgan fingerprint density at radius 2 is 1.80 bits per heavy atom. The first-order valence-electron chi connectivity index (χ1n) is 9.77. The van der Waals surface area contributed by atoms with Gasteiger partial charge in [-0.3, -0.25) is 29.1 Å². The van der Waals surface area contributed by atoms with E-state index in [4.69, 9.17) is 4.74 Å². The summed E-state index contributed by atoms with van der Waals surface area (Å²) in [6.45, 7) is 0.959. The molecule has 1 fully saturated rings. The van der Waals surface area contributed by atoms with Gasteiger partial charge in [0.2, 0.25) is 0 Å². The van der Waals surface area contributed by atoms with Crippen molar-refractivity contribution in [3.63, 3.8) is 0 Å². The van der Waals surface area contributed by atoms with Crippen LogP contribution in [0.3, 0.4) is 0 Å². The Kier molecular flexibility index (Phi) is 5.31. The molecule has 1 aromatic carbocycles. The number of nitrogens with zero attached hydrogens (tertiary/aromatic N) is 3. The van der Waals surface area contributed by atoms with Crippen molar-refractivity contribution in [3.05, 3.63) is 65.0 Å². The Morgan fingerprint density at radius 3 is 2.47 bits per heavy atom. The Bertz CT molecular complexity index is 1010. The molecule has 0 aliphatic carbocycles. The summed E-state index contributed by atoms with van der Waals surface area (Å²) < 4.78 is 4.77. The zero-order valence-electron chi connectivity index (χ0n) is 16.5. The predicted octanol–water partition coefficient (Wildman–Crippen LogP) is 1.90. The van der Waals surface area contributed by atoms with E-state index in [2.05, 4.69) is 4.98 Å². The number of hydrogen-bond acceptors (Lipinski definition) is 6. The summed E-state index contributed by atoms with van der Waals surface area (Å²) >= 11 is 0. The van der Waals surface area contributed by atoms with Gasteiger partial charge in [0.1, 0.15) is 0 Å². The molecule has 30 heavy (non-hydrogen) atoms. The number of aromatic nitrogens is 1. The number of imide groups is 1. The Balaban J connectivity index is 1.49. The van der Waals surface area contributed by atoms with E-state index in [1.54, 1.807) is 35.4 Å². The second-order valence-corrected chi connectivity index (χ2v) is 7.37. The van der Waals surface area contributed by atoms with Gasteiger partial charge in [-0.05, 0) is 43.2 Å². The molecule has 3 amide bonds. The summed E-state index contributed by atoms with van der Waals surface area (Å²) in [6.07, 6.45) is 2.69. The second-order valence-electron chi connectivity index (χ2n) is 7.37. The summed E-state index contributed by atoms with van der Waals surface area (Å²) in [5, 5.41) is 0. The minimum absolute atomic E-state index is 0.0809. The third kappa shape index (κ3) is 3.56. The van der Waals surface area contributed by atoms with Gasteiger partial charge in [-0.25, -0.2) is 0 Å². The fourth-order valence-electron chi connectivity index (χ4n) is 3.89. The molecule has 0 spiro atoms. The highest BCUT2D eigenvalue weighted by Gasteiger charge is 2.37. The van der Waals surface area contributed by atoms with Crippen molar-refractivity contribution in [2.24, 2.45) is 5.92 Å². The highest BCUT2D eigenvalue weighted by atomic mass is 16.5. The van der Waals surface area contributed by atoms with Crippen LogP contribution in [0.4, 0.5) is 0 Å². The number of ether oxygens (including phenoxy) is 1. The van der Waals surface area contributed by atoms with Gasteiger partial charge in [0.15, 0.2) is 0 Å². The molecule has 1 saturated heterocycles. The number of esters is 1. The molecule has 8 heteroatoms. The zero-order chi connectivity index (χ0) is 21.3. The van der Waals surface area contributed by atoms with E-state index >= 15 is 0 Å². The number of carbonyl (C=O) groups excluding carboxylic acids is 4. The Labute approximate surface area is 173 Å². The lowest BCUT2D eigenvalue weighted by atomic mass is 9.96. The number of amides is 3. The number of methoxy groups -OCH3 is 1. The molecule has 8 nitrogen and oxygen atoms in total. The van der Waals surface area contributed by atoms with Crippen LogP contribution in [0.25, 0.3) is 0 Å². The lowest BCUT2D eigenvalue weighted by Crippen LogP contribution is -2.40. The van der Waals surface area contributed by atoms with Crippen LogP contribution in [-0.2, 0) is 16.1 Å². The monoisotopic (exact) mass is 407 g/mol. The molecule has 0 saturated carbocycles. The lowest BCUT2D eigenvalue weighted by Gasteiger charge is -2.30. The van der Waals surface area contributed by atoms with Gasteiger partial charge in [-0.1, -0.05) is 6.07 Å². The molecule has 1 aromatic heterocycles. The fraction of sp³-hybridized carbons (Fsp3) is 0.318. The normalized spacial score (nSPS) is 16.6. The Morgan fingerprint density at radius 1 is 1.07 bits per heavy atom. The van der Waals surface area contributed by atoms with Crippen LogP contribution in [0.2, 0.25) is 0 Å². The fourth-order valence-corrected chi connectivity index (χ4v) is 3.89. The van der Waals surface area contributed by atoms with Crippen molar-refractivity contribution in [2.45, 2.75) is 19.4 Å². The molecule has 0 bridgehead atoms. The molecule has 0 unspecified atom stereocenters. The maximum absolute atomic E-state index is 12.9. The van der Waals surface area contributed by atoms with Crippen LogP contribution in [0.5, 0.6) is 0 Å². The van der Waals surface area contributed by atoms with Crippen LogP contribution < -0.4 is 0 Å². The Hall–Kier alpha value is -3.55. The first-order chi connectivity index (χ1) is 14.5. The molecule has 0 N–H and O–H groups in total. The van der Waals surface area contributed by atoms with E-state index in [0.717, 1.165) is 4.90 Å². The van der Waals surface area contributed by atoms with Crippen molar-refractivity contribution in [1.29, 1.82) is 0 Å². The van der Waals surface area contributed by atoms with E-state index in [1.165, 1.54) is 19.2 Å². The number of likely N-dealkylation sites (tertiary alicyclic amines) is 1. The number of piperidine rings is 1. The number of hydrogen-bond donors (Lipinski definition) is 0. The van der Waals surface area contributed by atoms with Gasteiger partial charge in [0, 0.05) is 24.8 Å². The van der Waals surface area contributed by atoms with Crippen LogP contribution in [0, 0.1) is 5.92 Å². The second kappa shape index (κ2) is 8.06. The van der Waals surface area contributed by atoms with E-state index in [0.29, 0.717) is 37.2 Å². The standard InChI is InChI=1S/C22H21N3O5/c1-30-22(29)14-7-10-24(11-8-14)19(26)15-5-6-17-18(12-15)21(28)25(20(17)27)13-16-4-2-3-9-23-16/h2-6,9,12,14H,7-8,10-11,13H2,1H3. The first-order valence-corrected chi connectivity index (χ1v) is 9.77. The smallest absolute Gasteiger partial charge is 0.308 e. The molecule has 2 aromatic rings. The summed E-state index contributed by atoms with van der Waals surface area (Å²) in [4.78, 5) is 57.0. The van der Waals surface area contributed by atoms with E-state index in [9.17, 15) is 19.2 Å². The molecule has 0 radical (unpaired) electrons. The largest absolute Gasteiger partial charge is 0.469 e. The molecule has 0 atom stereocenters. The maximum Gasteiger partial charge on any atom is 0.308 e. The average Bonchev–Trinajstić information content (AvgIpc) is 3.03. The molecular formula is C22H21N3O5. The molecule has 4 rings (SSSR count). The number of rotatable bonds is 4. The third-order valence-corrected chi connectivity index (χ3v) is 5.58. The highest BCUT2D eigenvalue weighted by molar-refractivity contribution is 6.22. The minimum Gasteiger partial charge on any atom is -0.469 e. The number of carbonyl (C=O) groups is 4. The maximum atomic E-state index is 12.9. The van der Waals surface area contributed by atoms with Crippen molar-refractivity contribution >= 4 is 23.7 Å². The van der Waals surface area contributed by atoms with Gasteiger partial charge in [-0.2, -0.15) is 0 Å². The summed E-state index contributed by atoms with van der Waals surface area (Å²) in [5.41, 5.74) is 1.48. The first kappa shape index (κ1) is 19.8. The van der Waals surface area contributed by atoms with Crippen molar-refractivity contribution < 1.29 is 23.9 Å². The topological polar surface area (TPSA) is 96.9 Å². The highest BCUT2D eigenvalue weighted by Crippen LogP contribution is 2.27. The van der Waals surface area contributed by atoms with Crippen molar-refractivity contribution in [3.8, 4) is 0 Å². The number of pyridine rings is 1. The van der Waals surface area contributed by atoms with Gasteiger partial charge in [-0.15, -0.1) is 0 Å². The van der Waals surface area contributed by atoms with Gasteiger partial charge < -0.3 is 9.64 Å². The third-order valence-electron chi connectivity index (χ3n) is 5.58. The van der Waals surface area contributed by atoms with Crippen LogP contribution in [-0.4, -0.2) is 58.7 Å². The van der Waals surface area contributed by atoms with Crippen LogP contribution in [0.1, 0.15) is 49.6 Å². The average molecular weight is 407 g/mol. The van der Waals surface area contributed by atoms with E-state index in [1.807, 2.05) is 0 Å². The van der Waals surface area contributed by atoms with Crippen LogP contribution in [0.15, 0.2) is 42.6 Å². The lowest BCUT2D eigenvalue weighted by molar-refractivity contribution is -0.146. The summed E-state index contributed by atoms with van der Waals surface area (Å²) in [5.74, 6) is -1.49. The number of fused-ring (bicyclic) bond motifs is 1. The van der Waals surface area contributed by atoms with E-state index in [-0.39, 0.29) is 35.5 Å². The minimum atomic E-state index is -0.431. The SMILES string of the molecule is COC(=O)C1CCN(C(=O)c2ccc3c(c2)C(=O)N(Cc2ccccn2)C3=O)CC1. The molecule has 2 aliphatic rings. The molecule has 3 heterocycles. The summed E-state index contributed by atoms with van der Waals surface area (Å²) in [7, 11) is 1.36. The zero-order valence-corrected chi connectivity index (χ0v) is 16.5. The molecule has 154 valence electrons. The quantitative estimate of drug-likeness (QED) is 0.567. The van der Waals surface area contributed by atoms with Gasteiger partial charge in [0.25, 0.3) is 17.7 Å². The number of benzene rings is 1. The van der Waals surface area contributed by atoms with Gasteiger partial charge >= 0.3 is 5.97 Å². The molecule has 2 aliphatic heterocycles. The molecular weight excluding hydrogens is 386 g/mol.